The van der Waals surface area contributed by atoms with E-state index in [0.29, 0.717) is 0 Å². The summed E-state index contributed by atoms with van der Waals surface area (Å²) in [5, 5.41) is 0. The molecular formula is C7H19NSi. The van der Waals surface area contributed by atoms with E-state index in [9.17, 15) is 0 Å². The molecule has 0 saturated carbocycles. The van der Waals surface area contributed by atoms with E-state index >= 15 is 0 Å². The van der Waals surface area contributed by atoms with Crippen LogP contribution in [0, 0.1) is 0 Å². The third-order valence-corrected chi connectivity index (χ3v) is 3.18. The summed E-state index contributed by atoms with van der Waals surface area (Å²) in [4.78, 5) is 3.53. The van der Waals surface area contributed by atoms with Crippen LogP contribution in [-0.2, 0) is 0 Å². The van der Waals surface area contributed by atoms with E-state index in [1.165, 1.54) is 31.9 Å². The molecule has 0 unspecified atom stereocenters. The second-order valence-electron chi connectivity index (χ2n) is 2.46. The summed E-state index contributed by atoms with van der Waals surface area (Å²) in [6, 6.07) is 1.46. The fourth-order valence-electron chi connectivity index (χ4n) is 0.729. The molecule has 0 heterocycles. The molecule has 0 aromatic carbocycles. The van der Waals surface area contributed by atoms with Crippen LogP contribution in [0.25, 0.3) is 0 Å². The normalized spacial score (nSPS) is 11.3. The van der Waals surface area contributed by atoms with Crippen LogP contribution in [0.1, 0.15) is 33.1 Å². The zero-order valence-electron chi connectivity index (χ0n) is 6.74. The van der Waals surface area contributed by atoms with Gasteiger partial charge in [0.25, 0.3) is 0 Å². The van der Waals surface area contributed by atoms with Crippen LogP contribution in [0.15, 0.2) is 0 Å². The second-order valence-corrected chi connectivity index (χ2v) is 4.16. The van der Waals surface area contributed by atoms with Crippen molar-refractivity contribution in [2.75, 3.05) is 6.54 Å². The Morgan fingerprint density at radius 2 is 2.00 bits per heavy atom. The minimum Gasteiger partial charge on any atom is -0.342 e. The van der Waals surface area contributed by atoms with Gasteiger partial charge in [-0.1, -0.05) is 32.7 Å². The Balaban J connectivity index is 2.60. The van der Waals surface area contributed by atoms with E-state index in [-0.39, 0.29) is 9.68 Å². The van der Waals surface area contributed by atoms with E-state index in [1.807, 2.05) is 0 Å². The van der Waals surface area contributed by atoms with E-state index < -0.39 is 0 Å². The molecule has 0 atom stereocenters. The van der Waals surface area contributed by atoms with Crippen LogP contribution < -0.4 is 4.98 Å². The molecule has 0 bridgehead atoms. The standard InChI is InChI=1S/C7H19NSi/c1-3-5-6-8-9-7-4-2/h8H,3-7,9H2,1-2H3. The summed E-state index contributed by atoms with van der Waals surface area (Å²) in [6.45, 7) is 5.76. The number of nitrogens with one attached hydrogen (secondary N) is 1. The Morgan fingerprint density at radius 3 is 2.56 bits per heavy atom. The molecule has 0 saturated heterocycles. The van der Waals surface area contributed by atoms with Gasteiger partial charge in [-0.15, -0.1) is 0 Å². The predicted octanol–water partition coefficient (Wildman–Crippen LogP) is 1.29. The first-order chi connectivity index (χ1) is 4.41. The van der Waals surface area contributed by atoms with Crippen molar-refractivity contribution in [1.82, 2.24) is 4.98 Å². The molecule has 0 aliphatic heterocycles. The molecule has 0 fully saturated rings. The van der Waals surface area contributed by atoms with Crippen molar-refractivity contribution >= 4 is 9.68 Å². The molecule has 9 heavy (non-hydrogen) atoms. The lowest BCUT2D eigenvalue weighted by Crippen LogP contribution is -2.19. The summed E-state index contributed by atoms with van der Waals surface area (Å²) in [7, 11) is 0.141. The van der Waals surface area contributed by atoms with Crippen LogP contribution in [0.3, 0.4) is 0 Å². The topological polar surface area (TPSA) is 12.0 Å². The summed E-state index contributed by atoms with van der Waals surface area (Å²) >= 11 is 0. The highest BCUT2D eigenvalue weighted by molar-refractivity contribution is 6.31. The zero-order chi connectivity index (χ0) is 6.95. The monoisotopic (exact) mass is 145 g/mol. The molecule has 0 aromatic heterocycles. The maximum Gasteiger partial charge on any atom is 0.0916 e. The lowest BCUT2D eigenvalue weighted by atomic mass is 10.3. The molecule has 0 amide bonds. The molecule has 0 spiro atoms. The Hall–Kier alpha value is 0.177. The lowest BCUT2D eigenvalue weighted by molar-refractivity contribution is 0.763. The molecule has 2 heteroatoms. The smallest absolute Gasteiger partial charge is 0.0916 e. The molecule has 56 valence electrons. The van der Waals surface area contributed by atoms with Crippen LogP contribution in [0.5, 0.6) is 0 Å². The fraction of sp³-hybridized carbons (Fsp3) is 1.00. The fourth-order valence-corrected chi connectivity index (χ4v) is 1.83. The molecular weight excluding hydrogens is 126 g/mol. The Labute approximate surface area is 61.1 Å². The van der Waals surface area contributed by atoms with Gasteiger partial charge in [-0.25, -0.2) is 0 Å². The first kappa shape index (κ1) is 9.18. The molecule has 0 rings (SSSR count). The maximum absolute atomic E-state index is 3.53. The average molecular weight is 145 g/mol. The second kappa shape index (κ2) is 8.18. The highest BCUT2D eigenvalue weighted by Gasteiger charge is 1.84. The highest BCUT2D eigenvalue weighted by atomic mass is 28.2. The van der Waals surface area contributed by atoms with Gasteiger partial charge < -0.3 is 4.98 Å². The molecule has 0 aliphatic rings. The minimum absolute atomic E-state index is 0.141. The largest absolute Gasteiger partial charge is 0.342 e. The maximum atomic E-state index is 3.53. The van der Waals surface area contributed by atoms with Crippen molar-refractivity contribution in [1.29, 1.82) is 0 Å². The van der Waals surface area contributed by atoms with Crippen molar-refractivity contribution in [2.24, 2.45) is 0 Å². The lowest BCUT2D eigenvalue weighted by Gasteiger charge is -1.99. The van der Waals surface area contributed by atoms with Crippen molar-refractivity contribution in [3.8, 4) is 0 Å². The van der Waals surface area contributed by atoms with Gasteiger partial charge in [-0.2, -0.15) is 0 Å². The van der Waals surface area contributed by atoms with Crippen LogP contribution in [0.4, 0.5) is 0 Å². The quantitative estimate of drug-likeness (QED) is 0.439. The summed E-state index contributed by atoms with van der Waals surface area (Å²) < 4.78 is 0. The minimum atomic E-state index is 0.141. The van der Waals surface area contributed by atoms with Crippen molar-refractivity contribution in [3.63, 3.8) is 0 Å². The van der Waals surface area contributed by atoms with E-state index in [0.717, 1.165) is 0 Å². The highest BCUT2D eigenvalue weighted by Crippen LogP contribution is 1.84. The number of unbranched alkanes of at least 4 members (excludes halogenated alkanes) is 1. The van der Waals surface area contributed by atoms with Crippen molar-refractivity contribution < 1.29 is 0 Å². The first-order valence-corrected chi connectivity index (χ1v) is 5.83. The van der Waals surface area contributed by atoms with Crippen LogP contribution >= 0.6 is 0 Å². The molecule has 0 aliphatic carbocycles. The third-order valence-electron chi connectivity index (χ3n) is 1.41. The Morgan fingerprint density at radius 1 is 1.22 bits per heavy atom. The first-order valence-electron chi connectivity index (χ1n) is 4.12. The van der Waals surface area contributed by atoms with Gasteiger partial charge in [-0.05, 0) is 13.0 Å². The van der Waals surface area contributed by atoms with Crippen LogP contribution in [-0.4, -0.2) is 16.2 Å². The van der Waals surface area contributed by atoms with Gasteiger partial charge in [0.05, 0.1) is 9.68 Å². The molecule has 1 N–H and O–H groups in total. The summed E-state index contributed by atoms with van der Waals surface area (Å²) in [5.41, 5.74) is 0. The molecule has 0 radical (unpaired) electrons. The number of hydrogen-bond acceptors (Lipinski definition) is 1. The summed E-state index contributed by atoms with van der Waals surface area (Å²) in [5.74, 6) is 0. The van der Waals surface area contributed by atoms with Crippen molar-refractivity contribution in [2.45, 2.75) is 39.2 Å². The number of rotatable bonds is 6. The van der Waals surface area contributed by atoms with Gasteiger partial charge in [0.1, 0.15) is 0 Å². The van der Waals surface area contributed by atoms with E-state index in [1.54, 1.807) is 0 Å². The predicted molar refractivity (Wildman–Crippen MR) is 46.6 cm³/mol. The van der Waals surface area contributed by atoms with Gasteiger partial charge in [-0.3, -0.25) is 0 Å². The summed E-state index contributed by atoms with van der Waals surface area (Å²) in [6.07, 6.45) is 4.05. The number of hydrogen-bond donors (Lipinski definition) is 1. The Kier molecular flexibility index (Phi) is 8.34. The van der Waals surface area contributed by atoms with Gasteiger partial charge in [0.2, 0.25) is 0 Å². The Bertz CT molecular complexity index is 42.2. The average Bonchev–Trinajstić information content (AvgIpc) is 1.89. The third kappa shape index (κ3) is 8.18. The van der Waals surface area contributed by atoms with E-state index in [4.69, 9.17) is 0 Å². The van der Waals surface area contributed by atoms with Gasteiger partial charge in [0.15, 0.2) is 0 Å². The van der Waals surface area contributed by atoms with Crippen molar-refractivity contribution in [3.05, 3.63) is 0 Å². The SMILES string of the molecule is CCCCN[SiH2]CCC. The van der Waals surface area contributed by atoms with E-state index in [2.05, 4.69) is 18.8 Å². The van der Waals surface area contributed by atoms with Crippen LogP contribution in [0.2, 0.25) is 6.04 Å². The van der Waals surface area contributed by atoms with Gasteiger partial charge in [0, 0.05) is 0 Å². The van der Waals surface area contributed by atoms with Gasteiger partial charge >= 0.3 is 0 Å². The molecule has 0 aromatic rings. The zero-order valence-corrected chi connectivity index (χ0v) is 8.16. The molecule has 1 nitrogen and oxygen atoms in total.